The largest absolute Gasteiger partial charge is 0.434 e. The molecule has 0 radical (unpaired) electrons. The summed E-state index contributed by atoms with van der Waals surface area (Å²) in [4.78, 5) is 20.9. The fourth-order valence-electron chi connectivity index (χ4n) is 2.92. The van der Waals surface area contributed by atoms with Crippen LogP contribution in [0.2, 0.25) is 0 Å². The molecule has 1 fully saturated rings. The van der Waals surface area contributed by atoms with Crippen molar-refractivity contribution in [2.24, 2.45) is 0 Å². The Labute approximate surface area is 160 Å². The number of rotatable bonds is 6. The van der Waals surface area contributed by atoms with Gasteiger partial charge in [0.25, 0.3) is 0 Å². The summed E-state index contributed by atoms with van der Waals surface area (Å²) >= 11 is 1.64. The van der Waals surface area contributed by atoms with Gasteiger partial charge in [-0.05, 0) is 19.1 Å². The fraction of sp³-hybridized carbons (Fsp3) is 0.368. The molecule has 0 unspecified atom stereocenters. The van der Waals surface area contributed by atoms with E-state index in [1.807, 2.05) is 6.92 Å². The average molecular weight is 393 g/mol. The molecule has 0 aliphatic carbocycles. The van der Waals surface area contributed by atoms with E-state index >= 15 is 0 Å². The number of amides is 1. The zero-order valence-corrected chi connectivity index (χ0v) is 15.8. The van der Waals surface area contributed by atoms with Crippen LogP contribution in [0.5, 0.6) is 5.75 Å². The highest BCUT2D eigenvalue weighted by molar-refractivity contribution is 7.09. The quantitative estimate of drug-likeness (QED) is 0.706. The molecule has 0 bridgehead atoms. The van der Waals surface area contributed by atoms with Gasteiger partial charge in [-0.2, -0.15) is 8.78 Å². The van der Waals surface area contributed by atoms with Gasteiger partial charge in [-0.1, -0.05) is 18.2 Å². The van der Waals surface area contributed by atoms with Crippen molar-refractivity contribution in [3.8, 4) is 5.75 Å². The second kappa shape index (κ2) is 9.05. The molecular formula is C19H21F2N3O2S. The molecule has 0 N–H and O–H groups in total. The van der Waals surface area contributed by atoms with Crippen LogP contribution in [-0.2, 0) is 11.3 Å². The standard InChI is InChI=1S/C19H21F2N3O2S/c1-14-22-16(13-27-14)12-23-8-10-24(11-9-23)18(25)7-6-15-4-2-3-5-17(15)26-19(20)21/h2-7,13,19H,8-12H2,1H3. The molecule has 1 saturated heterocycles. The Hall–Kier alpha value is -2.32. The summed E-state index contributed by atoms with van der Waals surface area (Å²) in [7, 11) is 0. The van der Waals surface area contributed by atoms with Crippen LogP contribution >= 0.6 is 11.3 Å². The van der Waals surface area contributed by atoms with Crippen molar-refractivity contribution < 1.29 is 18.3 Å². The van der Waals surface area contributed by atoms with Crippen LogP contribution in [0, 0.1) is 6.92 Å². The van der Waals surface area contributed by atoms with Gasteiger partial charge in [0.2, 0.25) is 5.91 Å². The van der Waals surface area contributed by atoms with E-state index in [9.17, 15) is 13.6 Å². The summed E-state index contributed by atoms with van der Waals surface area (Å²) in [5, 5.41) is 3.12. The molecule has 1 aliphatic rings. The van der Waals surface area contributed by atoms with Crippen LogP contribution in [-0.4, -0.2) is 53.5 Å². The summed E-state index contributed by atoms with van der Waals surface area (Å²) in [6.07, 6.45) is 2.93. The zero-order valence-electron chi connectivity index (χ0n) is 15.0. The Morgan fingerprint density at radius 3 is 2.70 bits per heavy atom. The smallest absolute Gasteiger partial charge is 0.387 e. The topological polar surface area (TPSA) is 45.7 Å². The number of nitrogens with zero attached hydrogens (tertiary/aromatic N) is 3. The Kier molecular flexibility index (Phi) is 6.52. The number of benzene rings is 1. The summed E-state index contributed by atoms with van der Waals surface area (Å²) in [6.45, 7) is 2.69. The number of hydrogen-bond acceptors (Lipinski definition) is 5. The number of thiazole rings is 1. The normalized spacial score (nSPS) is 15.6. The summed E-state index contributed by atoms with van der Waals surface area (Å²) in [5.41, 5.74) is 1.51. The number of aromatic nitrogens is 1. The van der Waals surface area contributed by atoms with Gasteiger partial charge < -0.3 is 9.64 Å². The van der Waals surface area contributed by atoms with Crippen molar-refractivity contribution >= 4 is 23.3 Å². The third-order valence-electron chi connectivity index (χ3n) is 4.28. The highest BCUT2D eigenvalue weighted by atomic mass is 32.1. The number of para-hydroxylation sites is 1. The van der Waals surface area contributed by atoms with Crippen LogP contribution in [0.25, 0.3) is 6.08 Å². The Balaban J connectivity index is 1.53. The minimum absolute atomic E-state index is 0.0555. The third-order valence-corrected chi connectivity index (χ3v) is 5.10. The highest BCUT2D eigenvalue weighted by Crippen LogP contribution is 2.21. The van der Waals surface area contributed by atoms with E-state index in [1.54, 1.807) is 34.4 Å². The Morgan fingerprint density at radius 1 is 1.30 bits per heavy atom. The maximum absolute atomic E-state index is 12.5. The number of alkyl halides is 2. The van der Waals surface area contributed by atoms with E-state index in [-0.39, 0.29) is 11.7 Å². The predicted octanol–water partition coefficient (Wildman–Crippen LogP) is 3.41. The van der Waals surface area contributed by atoms with Crippen LogP contribution in [0.15, 0.2) is 35.7 Å². The van der Waals surface area contributed by atoms with E-state index in [2.05, 4.69) is 20.0 Å². The number of aryl methyl sites for hydroxylation is 1. The molecule has 5 nitrogen and oxygen atoms in total. The number of hydrogen-bond donors (Lipinski definition) is 0. The monoisotopic (exact) mass is 393 g/mol. The first kappa shape index (κ1) is 19.4. The molecule has 1 aromatic carbocycles. The molecule has 0 spiro atoms. The zero-order chi connectivity index (χ0) is 19.2. The lowest BCUT2D eigenvalue weighted by Gasteiger charge is -2.33. The SMILES string of the molecule is Cc1nc(CN2CCN(C(=O)C=Cc3ccccc3OC(F)F)CC2)cs1. The van der Waals surface area contributed by atoms with Gasteiger partial charge in [-0.25, -0.2) is 4.98 Å². The van der Waals surface area contributed by atoms with Crippen molar-refractivity contribution in [3.05, 3.63) is 52.0 Å². The Bertz CT molecular complexity index is 802. The van der Waals surface area contributed by atoms with Gasteiger partial charge >= 0.3 is 6.61 Å². The minimum Gasteiger partial charge on any atom is -0.434 e. The van der Waals surface area contributed by atoms with Gasteiger partial charge in [0.05, 0.1) is 10.7 Å². The summed E-state index contributed by atoms with van der Waals surface area (Å²) < 4.78 is 29.4. The van der Waals surface area contributed by atoms with Crippen LogP contribution < -0.4 is 4.74 Å². The maximum Gasteiger partial charge on any atom is 0.387 e. The van der Waals surface area contributed by atoms with E-state index in [0.717, 1.165) is 30.3 Å². The fourth-order valence-corrected chi connectivity index (χ4v) is 3.53. The Morgan fingerprint density at radius 2 is 2.04 bits per heavy atom. The van der Waals surface area contributed by atoms with E-state index in [1.165, 1.54) is 18.2 Å². The number of ether oxygens (including phenoxy) is 1. The first-order valence-corrected chi connectivity index (χ1v) is 9.53. The molecule has 27 heavy (non-hydrogen) atoms. The lowest BCUT2D eigenvalue weighted by atomic mass is 10.2. The van der Waals surface area contributed by atoms with E-state index in [4.69, 9.17) is 0 Å². The van der Waals surface area contributed by atoms with Gasteiger partial charge in [0, 0.05) is 49.7 Å². The second-order valence-corrected chi connectivity index (χ2v) is 7.27. The van der Waals surface area contributed by atoms with Crippen LogP contribution in [0.3, 0.4) is 0 Å². The van der Waals surface area contributed by atoms with E-state index < -0.39 is 6.61 Å². The maximum atomic E-state index is 12.5. The number of halogens is 2. The molecule has 0 saturated carbocycles. The molecule has 144 valence electrons. The molecular weight excluding hydrogens is 372 g/mol. The molecule has 2 aromatic rings. The lowest BCUT2D eigenvalue weighted by Crippen LogP contribution is -2.47. The summed E-state index contributed by atoms with van der Waals surface area (Å²) in [6, 6.07) is 6.41. The minimum atomic E-state index is -2.90. The van der Waals surface area contributed by atoms with Crippen LogP contribution in [0.4, 0.5) is 8.78 Å². The van der Waals surface area contributed by atoms with E-state index in [0.29, 0.717) is 18.7 Å². The molecule has 2 heterocycles. The van der Waals surface area contributed by atoms with Crippen molar-refractivity contribution in [1.29, 1.82) is 0 Å². The van der Waals surface area contributed by atoms with Gasteiger partial charge in [-0.3, -0.25) is 9.69 Å². The van der Waals surface area contributed by atoms with Gasteiger partial charge in [0.1, 0.15) is 5.75 Å². The number of carbonyl (C=O) groups is 1. The molecule has 3 rings (SSSR count). The first-order chi connectivity index (χ1) is 13.0. The van der Waals surface area contributed by atoms with Crippen molar-refractivity contribution in [1.82, 2.24) is 14.8 Å². The third kappa shape index (κ3) is 5.58. The second-order valence-electron chi connectivity index (χ2n) is 6.21. The molecule has 0 atom stereocenters. The number of piperazine rings is 1. The van der Waals surface area contributed by atoms with Crippen LogP contribution in [0.1, 0.15) is 16.3 Å². The first-order valence-electron chi connectivity index (χ1n) is 8.65. The summed E-state index contributed by atoms with van der Waals surface area (Å²) in [5.74, 6) is -0.0778. The molecule has 1 aliphatic heterocycles. The van der Waals surface area contributed by atoms with Crippen molar-refractivity contribution in [2.45, 2.75) is 20.1 Å². The van der Waals surface area contributed by atoms with Crippen molar-refractivity contribution in [2.75, 3.05) is 26.2 Å². The molecule has 1 aromatic heterocycles. The number of carbonyl (C=O) groups excluding carboxylic acids is 1. The van der Waals surface area contributed by atoms with Gasteiger partial charge in [0.15, 0.2) is 0 Å². The van der Waals surface area contributed by atoms with Crippen molar-refractivity contribution in [3.63, 3.8) is 0 Å². The molecule has 1 amide bonds. The van der Waals surface area contributed by atoms with Gasteiger partial charge in [-0.15, -0.1) is 11.3 Å². The highest BCUT2D eigenvalue weighted by Gasteiger charge is 2.20. The lowest BCUT2D eigenvalue weighted by molar-refractivity contribution is -0.127. The predicted molar refractivity (Wildman–Crippen MR) is 101 cm³/mol. The molecule has 8 heteroatoms. The average Bonchev–Trinajstić information content (AvgIpc) is 3.05.